The number of hydrogen-bond donors (Lipinski definition) is 1. The van der Waals surface area contributed by atoms with Crippen molar-refractivity contribution in [3.8, 4) is 0 Å². The molecule has 1 amide bonds. The van der Waals surface area contributed by atoms with Crippen molar-refractivity contribution in [1.29, 1.82) is 0 Å². The molecule has 0 spiro atoms. The molecule has 1 atom stereocenters. The molecule has 0 saturated heterocycles. The first-order valence-electron chi connectivity index (χ1n) is 6.17. The van der Waals surface area contributed by atoms with Crippen LogP contribution < -0.4 is 5.32 Å². The number of nitrogens with one attached hydrogen (secondary N) is 1. The Hall–Kier alpha value is -0.730. The summed E-state index contributed by atoms with van der Waals surface area (Å²) in [7, 11) is 0. The molecule has 3 nitrogen and oxygen atoms in total. The molecular formula is C13H25NO2. The van der Waals surface area contributed by atoms with Crippen molar-refractivity contribution >= 4 is 6.09 Å². The number of hydrogen-bond acceptors (Lipinski definition) is 2. The average Bonchev–Trinajstić information content (AvgIpc) is 1.96. The molecule has 94 valence electrons. The van der Waals surface area contributed by atoms with Crippen LogP contribution in [0, 0.1) is 5.41 Å². The van der Waals surface area contributed by atoms with E-state index >= 15 is 0 Å². The predicted molar refractivity (Wildman–Crippen MR) is 65.4 cm³/mol. The largest absolute Gasteiger partial charge is 0.444 e. The number of carbonyl (C=O) groups is 1. The van der Waals surface area contributed by atoms with E-state index in [-0.39, 0.29) is 12.1 Å². The lowest BCUT2D eigenvalue weighted by Crippen LogP contribution is -2.43. The molecule has 1 N–H and O–H groups in total. The van der Waals surface area contributed by atoms with Gasteiger partial charge in [0.25, 0.3) is 0 Å². The van der Waals surface area contributed by atoms with E-state index in [0.29, 0.717) is 5.41 Å². The first-order valence-corrected chi connectivity index (χ1v) is 6.17. The van der Waals surface area contributed by atoms with Gasteiger partial charge >= 0.3 is 6.09 Å². The Balaban J connectivity index is 2.40. The second kappa shape index (κ2) is 4.64. The molecule has 0 aliphatic heterocycles. The Labute approximate surface area is 98.9 Å². The fraction of sp³-hybridized carbons (Fsp3) is 0.923. The second-order valence-corrected chi connectivity index (χ2v) is 6.60. The Morgan fingerprint density at radius 2 is 2.00 bits per heavy atom. The topological polar surface area (TPSA) is 38.3 Å². The molecule has 1 aliphatic rings. The van der Waals surface area contributed by atoms with Crippen LogP contribution in [0.3, 0.4) is 0 Å². The van der Waals surface area contributed by atoms with Crippen LogP contribution in [0.4, 0.5) is 4.79 Å². The van der Waals surface area contributed by atoms with Crippen molar-refractivity contribution in [2.75, 3.05) is 0 Å². The lowest BCUT2D eigenvalue weighted by molar-refractivity contribution is 0.0470. The molecule has 3 heteroatoms. The van der Waals surface area contributed by atoms with Gasteiger partial charge in [0.2, 0.25) is 0 Å². The minimum atomic E-state index is -0.408. The normalized spacial score (nSPS) is 24.9. The quantitative estimate of drug-likeness (QED) is 0.744. The predicted octanol–water partition coefficient (Wildman–Crippen LogP) is 3.48. The van der Waals surface area contributed by atoms with Crippen LogP contribution in [0.1, 0.15) is 60.3 Å². The highest BCUT2D eigenvalue weighted by molar-refractivity contribution is 5.68. The van der Waals surface area contributed by atoms with E-state index in [1.807, 2.05) is 20.8 Å². The smallest absolute Gasteiger partial charge is 0.407 e. The zero-order valence-corrected chi connectivity index (χ0v) is 11.2. The maximum atomic E-state index is 11.6. The summed E-state index contributed by atoms with van der Waals surface area (Å²) in [5, 5.41) is 2.97. The van der Waals surface area contributed by atoms with Crippen molar-refractivity contribution < 1.29 is 9.53 Å². The zero-order valence-electron chi connectivity index (χ0n) is 11.2. The van der Waals surface area contributed by atoms with E-state index in [4.69, 9.17) is 4.74 Å². The molecule has 1 fully saturated rings. The van der Waals surface area contributed by atoms with Gasteiger partial charge in [-0.2, -0.15) is 0 Å². The lowest BCUT2D eigenvalue weighted by Gasteiger charge is -2.35. The molecule has 0 aromatic rings. The Morgan fingerprint density at radius 1 is 1.38 bits per heavy atom. The summed E-state index contributed by atoms with van der Waals surface area (Å²) in [6.07, 6.45) is 4.28. The highest BCUT2D eigenvalue weighted by Gasteiger charge is 2.29. The number of amides is 1. The maximum Gasteiger partial charge on any atom is 0.407 e. The van der Waals surface area contributed by atoms with Crippen LogP contribution in [0.15, 0.2) is 0 Å². The van der Waals surface area contributed by atoms with Gasteiger partial charge in [-0.15, -0.1) is 0 Å². The summed E-state index contributed by atoms with van der Waals surface area (Å²) in [5.41, 5.74) is -0.0633. The molecule has 1 saturated carbocycles. The molecule has 0 aromatic heterocycles. The van der Waals surface area contributed by atoms with Crippen LogP contribution in [0.5, 0.6) is 0 Å². The molecule has 1 rings (SSSR count). The molecule has 0 heterocycles. The summed E-state index contributed by atoms with van der Waals surface area (Å²) >= 11 is 0. The van der Waals surface area contributed by atoms with Gasteiger partial charge < -0.3 is 10.1 Å². The van der Waals surface area contributed by atoms with Crippen molar-refractivity contribution in [2.24, 2.45) is 5.41 Å². The lowest BCUT2D eigenvalue weighted by atomic mass is 9.75. The molecule has 0 unspecified atom stereocenters. The van der Waals surface area contributed by atoms with Gasteiger partial charge in [0.05, 0.1) is 0 Å². The molecule has 1 aliphatic carbocycles. The van der Waals surface area contributed by atoms with Gasteiger partial charge in [-0.25, -0.2) is 4.79 Å². The van der Waals surface area contributed by atoms with E-state index in [1.54, 1.807) is 0 Å². The third kappa shape index (κ3) is 4.86. The van der Waals surface area contributed by atoms with Gasteiger partial charge in [0.1, 0.15) is 5.60 Å². The number of alkyl carbamates (subject to hydrolysis) is 1. The summed E-state index contributed by atoms with van der Waals surface area (Å²) < 4.78 is 5.26. The molecule has 0 radical (unpaired) electrons. The van der Waals surface area contributed by atoms with E-state index in [1.165, 1.54) is 12.8 Å². The Bertz CT molecular complexity index is 253. The van der Waals surface area contributed by atoms with E-state index < -0.39 is 5.60 Å². The second-order valence-electron chi connectivity index (χ2n) is 6.60. The van der Waals surface area contributed by atoms with E-state index in [0.717, 1.165) is 12.8 Å². The van der Waals surface area contributed by atoms with Crippen molar-refractivity contribution in [3.05, 3.63) is 0 Å². The summed E-state index contributed by atoms with van der Waals surface area (Å²) in [6.45, 7) is 10.2. The molecule has 0 aromatic carbocycles. The molecule has 0 bridgehead atoms. The van der Waals surface area contributed by atoms with Gasteiger partial charge in [-0.1, -0.05) is 20.3 Å². The van der Waals surface area contributed by atoms with Gasteiger partial charge in [0.15, 0.2) is 0 Å². The molecular weight excluding hydrogens is 202 g/mol. The Kier molecular flexibility index (Phi) is 3.87. The third-order valence-electron chi connectivity index (χ3n) is 2.93. The van der Waals surface area contributed by atoms with Crippen LogP contribution in [-0.4, -0.2) is 17.7 Å². The first-order chi connectivity index (χ1) is 7.18. The summed E-state index contributed by atoms with van der Waals surface area (Å²) in [5.74, 6) is 0. The minimum Gasteiger partial charge on any atom is -0.444 e. The molecule has 16 heavy (non-hydrogen) atoms. The van der Waals surface area contributed by atoms with Gasteiger partial charge in [-0.05, 0) is 45.4 Å². The van der Waals surface area contributed by atoms with Gasteiger partial charge in [0, 0.05) is 6.04 Å². The third-order valence-corrected chi connectivity index (χ3v) is 2.93. The highest BCUT2D eigenvalue weighted by atomic mass is 16.6. The van der Waals surface area contributed by atoms with Crippen molar-refractivity contribution in [1.82, 2.24) is 5.32 Å². The first kappa shape index (κ1) is 13.3. The standard InChI is InChI=1S/C13H25NO2/c1-12(2,3)16-11(15)14-10-7-6-8-13(4,5)9-10/h10H,6-9H2,1-5H3,(H,14,15)/t10-/m1/s1. The van der Waals surface area contributed by atoms with Gasteiger partial charge in [-0.3, -0.25) is 0 Å². The fourth-order valence-electron chi connectivity index (χ4n) is 2.30. The van der Waals surface area contributed by atoms with Crippen molar-refractivity contribution in [3.63, 3.8) is 0 Å². The SMILES string of the molecule is CC1(C)CCC[C@@H](NC(=O)OC(C)(C)C)C1. The zero-order chi connectivity index (χ0) is 12.4. The average molecular weight is 227 g/mol. The maximum absolute atomic E-state index is 11.6. The monoisotopic (exact) mass is 227 g/mol. The number of ether oxygens (including phenoxy) is 1. The van der Waals surface area contributed by atoms with Crippen LogP contribution in [0.2, 0.25) is 0 Å². The summed E-state index contributed by atoms with van der Waals surface area (Å²) in [4.78, 5) is 11.6. The van der Waals surface area contributed by atoms with Crippen LogP contribution in [0.25, 0.3) is 0 Å². The highest BCUT2D eigenvalue weighted by Crippen LogP contribution is 2.35. The summed E-state index contributed by atoms with van der Waals surface area (Å²) in [6, 6.07) is 0.276. The Morgan fingerprint density at radius 3 is 2.50 bits per heavy atom. The minimum absolute atomic E-state index is 0.276. The van der Waals surface area contributed by atoms with Crippen LogP contribution in [-0.2, 0) is 4.74 Å². The van der Waals surface area contributed by atoms with Crippen molar-refractivity contribution in [2.45, 2.75) is 71.9 Å². The number of rotatable bonds is 1. The van der Waals surface area contributed by atoms with E-state index in [9.17, 15) is 4.79 Å². The number of carbonyl (C=O) groups excluding carboxylic acids is 1. The fourth-order valence-corrected chi connectivity index (χ4v) is 2.30. The van der Waals surface area contributed by atoms with Crippen LogP contribution >= 0.6 is 0 Å². The van der Waals surface area contributed by atoms with E-state index in [2.05, 4.69) is 19.2 Å².